The van der Waals surface area contributed by atoms with Crippen LogP contribution in [0.15, 0.2) is 67.3 Å². The summed E-state index contributed by atoms with van der Waals surface area (Å²) in [7, 11) is 3.26. The average Bonchev–Trinajstić information content (AvgIpc) is 2.59. The second-order valence-electron chi connectivity index (χ2n) is 5.25. The van der Waals surface area contributed by atoms with E-state index in [2.05, 4.69) is 6.58 Å². The summed E-state index contributed by atoms with van der Waals surface area (Å²) in [5.41, 5.74) is 0.644. The lowest BCUT2D eigenvalue weighted by molar-refractivity contribution is -0.147. The highest BCUT2D eigenvalue weighted by atomic mass is 35.5. The molecule has 23 heavy (non-hydrogen) atoms. The van der Waals surface area contributed by atoms with Crippen LogP contribution >= 0.6 is 11.6 Å². The highest BCUT2D eigenvalue weighted by molar-refractivity contribution is 6.30. The Kier molecular flexibility index (Phi) is 5.45. The molecule has 2 aromatic rings. The van der Waals surface area contributed by atoms with Gasteiger partial charge in [-0.25, -0.2) is 4.79 Å². The van der Waals surface area contributed by atoms with Gasteiger partial charge in [0.15, 0.2) is 5.54 Å². The molecule has 1 atom stereocenters. The second kappa shape index (κ2) is 7.34. The smallest absolute Gasteiger partial charge is 0.336 e. The average molecular weight is 330 g/mol. The molecule has 0 radical (unpaired) electrons. The summed E-state index contributed by atoms with van der Waals surface area (Å²) < 4.78 is 5.13. The van der Waals surface area contributed by atoms with Crippen molar-refractivity contribution < 1.29 is 9.53 Å². The van der Waals surface area contributed by atoms with Crippen LogP contribution in [0, 0.1) is 0 Å². The number of nitrogens with zero attached hydrogens (tertiary/aromatic N) is 1. The molecule has 0 saturated carbocycles. The van der Waals surface area contributed by atoms with Crippen LogP contribution in [0.5, 0.6) is 0 Å². The third-order valence-electron chi connectivity index (χ3n) is 3.98. The summed E-state index contributed by atoms with van der Waals surface area (Å²) >= 11 is 6.15. The molecule has 0 aliphatic rings. The third-order valence-corrected chi connectivity index (χ3v) is 4.22. The number of carbonyl (C=O) groups is 1. The van der Waals surface area contributed by atoms with Crippen molar-refractivity contribution in [3.63, 3.8) is 0 Å². The van der Waals surface area contributed by atoms with Crippen LogP contribution in [-0.2, 0) is 15.1 Å². The van der Waals surface area contributed by atoms with E-state index in [0.717, 1.165) is 11.3 Å². The Morgan fingerprint density at radius 1 is 1.26 bits per heavy atom. The molecule has 2 rings (SSSR count). The number of hydrogen-bond donors (Lipinski definition) is 0. The molecule has 0 spiro atoms. The minimum Gasteiger partial charge on any atom is -0.467 e. The largest absolute Gasteiger partial charge is 0.467 e. The number of carbonyl (C=O) groups excluding carboxylic acids is 1. The Labute approximate surface area is 142 Å². The minimum atomic E-state index is -1.03. The molecule has 0 N–H and O–H groups in total. The van der Waals surface area contributed by atoms with Crippen LogP contribution in [0.4, 0.5) is 5.69 Å². The van der Waals surface area contributed by atoms with E-state index in [1.807, 2.05) is 54.4 Å². The number of esters is 1. The number of anilines is 1. The van der Waals surface area contributed by atoms with Crippen molar-refractivity contribution >= 4 is 23.3 Å². The first kappa shape index (κ1) is 17.1. The van der Waals surface area contributed by atoms with Crippen molar-refractivity contribution in [2.45, 2.75) is 12.0 Å². The second-order valence-corrected chi connectivity index (χ2v) is 5.69. The minimum absolute atomic E-state index is 0.356. The number of halogens is 1. The Morgan fingerprint density at radius 3 is 2.52 bits per heavy atom. The maximum atomic E-state index is 12.8. The standard InChI is InChI=1S/C19H20ClNO2/c1-4-13-19(18(22)23-3,15-9-8-10-16(20)14-15)21(2)17-11-6-5-7-12-17/h4-12,14H,1,13H2,2-3H3. The van der Waals surface area contributed by atoms with Crippen molar-refractivity contribution in [3.8, 4) is 0 Å². The predicted octanol–water partition coefficient (Wildman–Crippen LogP) is 4.42. The van der Waals surface area contributed by atoms with Gasteiger partial charge in [-0.05, 0) is 29.8 Å². The van der Waals surface area contributed by atoms with Gasteiger partial charge >= 0.3 is 5.97 Å². The number of benzene rings is 2. The van der Waals surface area contributed by atoms with Gasteiger partial charge in [-0.1, -0.05) is 48.0 Å². The van der Waals surface area contributed by atoms with Crippen LogP contribution in [0.2, 0.25) is 5.02 Å². The van der Waals surface area contributed by atoms with E-state index >= 15 is 0 Å². The number of para-hydroxylation sites is 1. The molecule has 0 bridgehead atoms. The number of hydrogen-bond acceptors (Lipinski definition) is 3. The van der Waals surface area contributed by atoms with E-state index in [4.69, 9.17) is 16.3 Å². The van der Waals surface area contributed by atoms with Gasteiger partial charge in [0.25, 0.3) is 0 Å². The highest BCUT2D eigenvalue weighted by Gasteiger charge is 2.44. The van der Waals surface area contributed by atoms with E-state index in [0.29, 0.717) is 11.4 Å². The molecule has 4 heteroatoms. The lowest BCUT2D eigenvalue weighted by Gasteiger charge is -2.40. The summed E-state index contributed by atoms with van der Waals surface area (Å²) in [6, 6.07) is 17.0. The molecular formula is C19H20ClNO2. The number of rotatable bonds is 6. The number of ether oxygens (including phenoxy) is 1. The van der Waals surface area contributed by atoms with Crippen LogP contribution in [0.25, 0.3) is 0 Å². The Hall–Kier alpha value is -2.26. The molecule has 0 saturated heterocycles. The van der Waals surface area contributed by atoms with Crippen molar-refractivity contribution in [3.05, 3.63) is 77.8 Å². The van der Waals surface area contributed by atoms with Crippen LogP contribution in [0.1, 0.15) is 12.0 Å². The Bertz CT molecular complexity index is 687. The van der Waals surface area contributed by atoms with Crippen molar-refractivity contribution in [1.29, 1.82) is 0 Å². The summed E-state index contributed by atoms with van der Waals surface area (Å²) in [6.45, 7) is 3.82. The first-order valence-electron chi connectivity index (χ1n) is 7.30. The van der Waals surface area contributed by atoms with E-state index < -0.39 is 5.54 Å². The van der Waals surface area contributed by atoms with Crippen LogP contribution < -0.4 is 4.90 Å². The first-order valence-corrected chi connectivity index (χ1v) is 7.68. The lowest BCUT2D eigenvalue weighted by atomic mass is 9.84. The quantitative estimate of drug-likeness (QED) is 0.580. The number of methoxy groups -OCH3 is 1. The first-order chi connectivity index (χ1) is 11.1. The van der Waals surface area contributed by atoms with Crippen molar-refractivity contribution in [2.24, 2.45) is 0 Å². The van der Waals surface area contributed by atoms with Gasteiger partial charge in [0.1, 0.15) is 0 Å². The molecule has 0 fully saturated rings. The fraction of sp³-hybridized carbons (Fsp3) is 0.211. The summed E-state index contributed by atoms with van der Waals surface area (Å²) in [6.07, 6.45) is 2.11. The maximum absolute atomic E-state index is 12.8. The van der Waals surface area contributed by atoms with E-state index in [-0.39, 0.29) is 5.97 Å². The van der Waals surface area contributed by atoms with Gasteiger partial charge in [0, 0.05) is 24.2 Å². The van der Waals surface area contributed by atoms with Crippen LogP contribution in [0.3, 0.4) is 0 Å². The fourth-order valence-electron chi connectivity index (χ4n) is 2.78. The van der Waals surface area contributed by atoms with Gasteiger partial charge in [0.2, 0.25) is 0 Å². The van der Waals surface area contributed by atoms with Crippen LogP contribution in [-0.4, -0.2) is 20.1 Å². The Balaban J connectivity index is 2.67. The molecule has 3 nitrogen and oxygen atoms in total. The molecule has 2 aromatic carbocycles. The molecule has 0 amide bonds. The predicted molar refractivity (Wildman–Crippen MR) is 94.8 cm³/mol. The van der Waals surface area contributed by atoms with Crippen molar-refractivity contribution in [2.75, 3.05) is 19.1 Å². The normalized spacial score (nSPS) is 13.0. The van der Waals surface area contributed by atoms with Gasteiger partial charge in [-0.2, -0.15) is 0 Å². The van der Waals surface area contributed by atoms with Gasteiger partial charge < -0.3 is 9.64 Å². The maximum Gasteiger partial charge on any atom is 0.336 e. The monoisotopic (exact) mass is 329 g/mol. The van der Waals surface area contributed by atoms with E-state index in [1.54, 1.807) is 18.2 Å². The number of likely N-dealkylation sites (N-methyl/N-ethyl adjacent to an activating group) is 1. The molecular weight excluding hydrogens is 310 g/mol. The Morgan fingerprint density at radius 2 is 1.96 bits per heavy atom. The zero-order chi connectivity index (χ0) is 16.9. The molecule has 1 unspecified atom stereocenters. The van der Waals surface area contributed by atoms with Gasteiger partial charge in [-0.3, -0.25) is 0 Å². The van der Waals surface area contributed by atoms with E-state index in [9.17, 15) is 4.79 Å². The highest BCUT2D eigenvalue weighted by Crippen LogP contribution is 2.37. The van der Waals surface area contributed by atoms with E-state index in [1.165, 1.54) is 7.11 Å². The topological polar surface area (TPSA) is 29.5 Å². The molecule has 0 aromatic heterocycles. The summed E-state index contributed by atoms with van der Waals surface area (Å²) in [5.74, 6) is -0.356. The zero-order valence-corrected chi connectivity index (χ0v) is 14.1. The van der Waals surface area contributed by atoms with Crippen molar-refractivity contribution in [1.82, 2.24) is 0 Å². The molecule has 120 valence electrons. The SMILES string of the molecule is C=CCC(C(=O)OC)(c1cccc(Cl)c1)N(C)c1ccccc1. The summed E-state index contributed by atoms with van der Waals surface area (Å²) in [5, 5.41) is 0.571. The summed E-state index contributed by atoms with van der Waals surface area (Å²) in [4.78, 5) is 14.7. The molecule has 0 aliphatic carbocycles. The van der Waals surface area contributed by atoms with Gasteiger partial charge in [0.05, 0.1) is 7.11 Å². The lowest BCUT2D eigenvalue weighted by Crippen LogP contribution is -2.51. The molecule has 0 heterocycles. The van der Waals surface area contributed by atoms with Gasteiger partial charge in [-0.15, -0.1) is 6.58 Å². The molecule has 0 aliphatic heterocycles. The fourth-order valence-corrected chi connectivity index (χ4v) is 2.97. The zero-order valence-electron chi connectivity index (χ0n) is 13.3. The third kappa shape index (κ3) is 3.25.